The van der Waals surface area contributed by atoms with Crippen molar-refractivity contribution in [2.45, 2.75) is 18.8 Å². The summed E-state index contributed by atoms with van der Waals surface area (Å²) < 4.78 is 7.03. The van der Waals surface area contributed by atoms with Gasteiger partial charge in [0.1, 0.15) is 22.6 Å². The summed E-state index contributed by atoms with van der Waals surface area (Å²) >= 11 is 6.93. The van der Waals surface area contributed by atoms with Crippen LogP contribution in [0, 0.1) is 0 Å². The minimum absolute atomic E-state index is 0.214. The Balaban J connectivity index is 1.76. The number of carbonyl (C=O) groups is 1. The van der Waals surface area contributed by atoms with E-state index in [0.29, 0.717) is 28.4 Å². The summed E-state index contributed by atoms with van der Waals surface area (Å²) in [6.45, 7) is 0. The highest BCUT2D eigenvalue weighted by molar-refractivity contribution is 9.11. The van der Waals surface area contributed by atoms with Gasteiger partial charge in [0, 0.05) is 14.9 Å². The number of para-hydroxylation sites is 1. The molecule has 0 unspecified atom stereocenters. The van der Waals surface area contributed by atoms with Crippen LogP contribution in [-0.4, -0.2) is 23.0 Å². The number of ether oxygens (including phenoxy) is 1. The minimum Gasteiger partial charge on any atom is -0.494 e. The number of fused-ring (bicyclic) bond motifs is 1. The Morgan fingerprint density at radius 2 is 1.96 bits per heavy atom. The van der Waals surface area contributed by atoms with E-state index < -0.39 is 0 Å². The third-order valence-corrected chi connectivity index (χ3v) is 5.58. The van der Waals surface area contributed by atoms with Gasteiger partial charge in [0.25, 0.3) is 5.91 Å². The van der Waals surface area contributed by atoms with Gasteiger partial charge in [-0.2, -0.15) is 0 Å². The third kappa shape index (κ3) is 3.06. The fourth-order valence-electron chi connectivity index (χ4n) is 2.79. The van der Waals surface area contributed by atoms with Gasteiger partial charge in [0.15, 0.2) is 0 Å². The van der Waals surface area contributed by atoms with Gasteiger partial charge in [-0.25, -0.2) is 4.98 Å². The summed E-state index contributed by atoms with van der Waals surface area (Å²) in [4.78, 5) is 20.9. The van der Waals surface area contributed by atoms with Crippen molar-refractivity contribution in [1.29, 1.82) is 0 Å². The van der Waals surface area contributed by atoms with Crippen LogP contribution in [0.2, 0.25) is 0 Å². The van der Waals surface area contributed by atoms with Crippen LogP contribution >= 0.6 is 31.9 Å². The number of amides is 1. The topological polar surface area (TPSA) is 67.0 Å². The van der Waals surface area contributed by atoms with Gasteiger partial charge in [-0.3, -0.25) is 4.79 Å². The largest absolute Gasteiger partial charge is 0.494 e. The summed E-state index contributed by atoms with van der Waals surface area (Å²) in [7, 11) is 1.62. The van der Waals surface area contributed by atoms with Crippen LogP contribution in [0.25, 0.3) is 11.0 Å². The number of nitrogens with one attached hydrogen (secondary N) is 2. The van der Waals surface area contributed by atoms with Gasteiger partial charge in [-0.1, -0.05) is 6.07 Å². The summed E-state index contributed by atoms with van der Waals surface area (Å²) in [5.41, 5.74) is 2.61. The number of aromatic amines is 1. The molecule has 1 heterocycles. The molecular weight excluding hydrogens is 450 g/mol. The van der Waals surface area contributed by atoms with Gasteiger partial charge in [0.05, 0.1) is 18.4 Å². The summed E-state index contributed by atoms with van der Waals surface area (Å²) in [6.07, 6.45) is 2.27. The number of rotatable bonds is 4. The molecule has 7 heteroatoms. The minimum atomic E-state index is -0.214. The number of imidazole rings is 1. The van der Waals surface area contributed by atoms with Crippen molar-refractivity contribution in [2.24, 2.45) is 0 Å². The molecule has 128 valence electrons. The van der Waals surface area contributed by atoms with Crippen molar-refractivity contribution in [2.75, 3.05) is 12.4 Å². The molecule has 0 spiro atoms. The molecule has 2 N–H and O–H groups in total. The normalized spacial score (nSPS) is 13.9. The molecule has 25 heavy (non-hydrogen) atoms. The lowest BCUT2D eigenvalue weighted by Gasteiger charge is -2.10. The molecule has 0 saturated heterocycles. The number of halogens is 2. The Bertz CT molecular complexity index is 960. The van der Waals surface area contributed by atoms with Crippen LogP contribution in [0.3, 0.4) is 0 Å². The van der Waals surface area contributed by atoms with Gasteiger partial charge in [-0.05, 0) is 69.0 Å². The predicted molar refractivity (Wildman–Crippen MR) is 104 cm³/mol. The van der Waals surface area contributed by atoms with Crippen LogP contribution in [-0.2, 0) is 0 Å². The van der Waals surface area contributed by atoms with E-state index in [9.17, 15) is 4.79 Å². The van der Waals surface area contributed by atoms with Crippen LogP contribution in [0.1, 0.15) is 34.9 Å². The molecular formula is C18H15Br2N3O2. The van der Waals surface area contributed by atoms with Gasteiger partial charge < -0.3 is 15.0 Å². The third-order valence-electron chi connectivity index (χ3n) is 4.25. The molecule has 1 aromatic heterocycles. The molecule has 1 fully saturated rings. The van der Waals surface area contributed by atoms with E-state index in [1.807, 2.05) is 18.2 Å². The van der Waals surface area contributed by atoms with E-state index in [1.165, 1.54) is 0 Å². The lowest BCUT2D eigenvalue weighted by atomic mass is 10.1. The van der Waals surface area contributed by atoms with E-state index in [0.717, 1.165) is 33.1 Å². The number of benzene rings is 2. The molecule has 1 aliphatic carbocycles. The Kier molecular flexibility index (Phi) is 4.29. The summed E-state index contributed by atoms with van der Waals surface area (Å²) in [6, 6.07) is 9.19. The monoisotopic (exact) mass is 463 g/mol. The maximum absolute atomic E-state index is 12.9. The number of methoxy groups -OCH3 is 1. The smallest absolute Gasteiger partial charge is 0.258 e. The second-order valence-corrected chi connectivity index (χ2v) is 7.69. The average molecular weight is 465 g/mol. The molecule has 5 nitrogen and oxygen atoms in total. The van der Waals surface area contributed by atoms with E-state index in [2.05, 4.69) is 47.1 Å². The quantitative estimate of drug-likeness (QED) is 0.555. The Hall–Kier alpha value is -1.86. The maximum atomic E-state index is 12.9. The molecule has 2 aromatic carbocycles. The maximum Gasteiger partial charge on any atom is 0.258 e. The van der Waals surface area contributed by atoms with Crippen LogP contribution < -0.4 is 10.1 Å². The first kappa shape index (κ1) is 16.6. The fraction of sp³-hybridized carbons (Fsp3) is 0.222. The van der Waals surface area contributed by atoms with Crippen molar-refractivity contribution < 1.29 is 9.53 Å². The zero-order valence-corrected chi connectivity index (χ0v) is 16.6. The predicted octanol–water partition coefficient (Wildman–Crippen LogP) is 5.23. The van der Waals surface area contributed by atoms with Crippen molar-refractivity contribution in [1.82, 2.24) is 9.97 Å². The molecule has 0 bridgehead atoms. The Morgan fingerprint density at radius 3 is 2.60 bits per heavy atom. The van der Waals surface area contributed by atoms with Crippen LogP contribution in [0.4, 0.5) is 5.69 Å². The van der Waals surface area contributed by atoms with Gasteiger partial charge >= 0.3 is 0 Å². The van der Waals surface area contributed by atoms with Gasteiger partial charge in [-0.15, -0.1) is 0 Å². The number of anilines is 1. The molecule has 4 rings (SSSR count). The van der Waals surface area contributed by atoms with E-state index in [-0.39, 0.29) is 5.91 Å². The first-order valence-corrected chi connectivity index (χ1v) is 9.49. The van der Waals surface area contributed by atoms with Crippen LogP contribution in [0.15, 0.2) is 39.3 Å². The number of carbonyl (C=O) groups excluding carboxylic acids is 1. The lowest BCUT2D eigenvalue weighted by molar-refractivity contribution is 0.102. The lowest BCUT2D eigenvalue weighted by Crippen LogP contribution is -2.13. The molecule has 1 amide bonds. The van der Waals surface area contributed by atoms with Crippen molar-refractivity contribution >= 4 is 54.5 Å². The Labute approximate surface area is 161 Å². The van der Waals surface area contributed by atoms with Gasteiger partial charge in [0.2, 0.25) is 0 Å². The van der Waals surface area contributed by atoms with Crippen molar-refractivity contribution in [3.63, 3.8) is 0 Å². The number of hydrogen-bond donors (Lipinski definition) is 2. The Morgan fingerprint density at radius 1 is 1.24 bits per heavy atom. The van der Waals surface area contributed by atoms with E-state index in [1.54, 1.807) is 19.2 Å². The highest BCUT2D eigenvalue weighted by Crippen LogP contribution is 2.40. The number of aromatic nitrogens is 2. The molecule has 0 aliphatic heterocycles. The molecule has 0 atom stereocenters. The number of hydrogen-bond acceptors (Lipinski definition) is 3. The molecule has 1 saturated carbocycles. The average Bonchev–Trinajstić information content (AvgIpc) is 3.35. The standard InChI is InChI=1S/C18H15Br2N3O2/c1-25-13-8-7-10(14-16(13)22-17(21-14)9-5-6-9)18(24)23-15-11(19)3-2-4-12(15)20/h2-4,7-9H,5-6H2,1H3,(H,21,22)(H,23,24). The first-order valence-electron chi connectivity index (χ1n) is 7.90. The second-order valence-electron chi connectivity index (χ2n) is 5.99. The molecule has 0 radical (unpaired) electrons. The summed E-state index contributed by atoms with van der Waals surface area (Å²) in [5.74, 6) is 1.86. The van der Waals surface area contributed by atoms with Crippen molar-refractivity contribution in [3.8, 4) is 5.75 Å². The zero-order chi connectivity index (χ0) is 17.6. The number of nitrogens with zero attached hydrogens (tertiary/aromatic N) is 1. The fourth-order valence-corrected chi connectivity index (χ4v) is 3.98. The SMILES string of the molecule is COc1ccc(C(=O)Nc2c(Br)cccc2Br)c2nc(C3CC3)[nH]c12. The zero-order valence-electron chi connectivity index (χ0n) is 13.4. The number of H-pyrrole nitrogens is 1. The molecule has 3 aromatic rings. The summed E-state index contributed by atoms with van der Waals surface area (Å²) in [5, 5.41) is 2.95. The highest BCUT2D eigenvalue weighted by atomic mass is 79.9. The second kappa shape index (κ2) is 6.46. The van der Waals surface area contributed by atoms with E-state index >= 15 is 0 Å². The van der Waals surface area contributed by atoms with Crippen LogP contribution in [0.5, 0.6) is 5.75 Å². The first-order chi connectivity index (χ1) is 12.1. The highest BCUT2D eigenvalue weighted by Gasteiger charge is 2.28. The van der Waals surface area contributed by atoms with E-state index in [4.69, 9.17) is 4.74 Å². The van der Waals surface area contributed by atoms with Crippen molar-refractivity contribution in [3.05, 3.63) is 50.7 Å². The molecule has 1 aliphatic rings.